The third kappa shape index (κ3) is 4.45. The molecule has 0 radical (unpaired) electrons. The lowest BCUT2D eigenvalue weighted by atomic mass is 10.1. The van der Waals surface area contributed by atoms with Crippen LogP contribution < -0.4 is 10.3 Å². The molecule has 2 rings (SSSR count). The molecular formula is C18H21NO4. The SMILES string of the molecule is CCC(C(=O)O)n1cccc(OCCCc2ccccc2)c1=O. The minimum absolute atomic E-state index is 0.195. The summed E-state index contributed by atoms with van der Waals surface area (Å²) in [5, 5.41) is 9.18. The molecule has 0 aliphatic carbocycles. The first-order valence-electron chi connectivity index (χ1n) is 7.74. The van der Waals surface area contributed by atoms with Gasteiger partial charge in [0.15, 0.2) is 5.75 Å². The Labute approximate surface area is 135 Å². The molecule has 23 heavy (non-hydrogen) atoms. The summed E-state index contributed by atoms with van der Waals surface area (Å²) in [5.74, 6) is -0.823. The van der Waals surface area contributed by atoms with Gasteiger partial charge in [-0.1, -0.05) is 37.3 Å². The predicted octanol–water partition coefficient (Wildman–Crippen LogP) is 2.90. The number of carbonyl (C=O) groups is 1. The molecule has 0 saturated carbocycles. The molecule has 0 saturated heterocycles. The third-order valence-corrected chi connectivity index (χ3v) is 3.66. The molecule has 1 unspecified atom stereocenters. The van der Waals surface area contributed by atoms with Gasteiger partial charge in [0, 0.05) is 6.20 Å². The van der Waals surface area contributed by atoms with Crippen LogP contribution in [0.4, 0.5) is 0 Å². The van der Waals surface area contributed by atoms with Crippen LogP contribution in [0.5, 0.6) is 5.75 Å². The topological polar surface area (TPSA) is 68.5 Å². The molecule has 5 heteroatoms. The Morgan fingerprint density at radius 3 is 2.61 bits per heavy atom. The Bertz CT molecular complexity index is 694. The number of hydrogen-bond acceptors (Lipinski definition) is 3. The maximum Gasteiger partial charge on any atom is 0.326 e. The standard InChI is InChI=1S/C18H21NO4/c1-2-15(18(21)22)19-12-6-11-16(17(19)20)23-13-7-10-14-8-4-3-5-9-14/h3-6,8-9,11-12,15H,2,7,10,13H2,1H3,(H,21,22). The highest BCUT2D eigenvalue weighted by molar-refractivity contribution is 5.71. The van der Waals surface area contributed by atoms with Crippen molar-refractivity contribution in [2.45, 2.75) is 32.2 Å². The molecule has 0 bridgehead atoms. The molecule has 1 atom stereocenters. The van der Waals surface area contributed by atoms with Crippen LogP contribution in [-0.4, -0.2) is 22.2 Å². The summed E-state index contributed by atoms with van der Waals surface area (Å²) < 4.78 is 6.76. The van der Waals surface area contributed by atoms with Crippen LogP contribution in [0.15, 0.2) is 53.5 Å². The van der Waals surface area contributed by atoms with Crippen molar-refractivity contribution in [2.24, 2.45) is 0 Å². The van der Waals surface area contributed by atoms with E-state index in [2.05, 4.69) is 0 Å². The number of aryl methyl sites for hydroxylation is 1. The van der Waals surface area contributed by atoms with Gasteiger partial charge >= 0.3 is 5.97 Å². The van der Waals surface area contributed by atoms with E-state index < -0.39 is 17.6 Å². The second-order valence-corrected chi connectivity index (χ2v) is 5.28. The molecule has 0 spiro atoms. The number of pyridine rings is 1. The van der Waals surface area contributed by atoms with Crippen molar-refractivity contribution in [1.29, 1.82) is 0 Å². The zero-order chi connectivity index (χ0) is 16.7. The molecule has 0 aliphatic heterocycles. The summed E-state index contributed by atoms with van der Waals surface area (Å²) >= 11 is 0. The molecule has 2 aromatic rings. The second-order valence-electron chi connectivity index (χ2n) is 5.28. The van der Waals surface area contributed by atoms with E-state index in [1.54, 1.807) is 19.1 Å². The van der Waals surface area contributed by atoms with Gasteiger partial charge in [-0.2, -0.15) is 0 Å². The van der Waals surface area contributed by atoms with Crippen molar-refractivity contribution in [2.75, 3.05) is 6.61 Å². The molecule has 1 aromatic heterocycles. The van der Waals surface area contributed by atoms with Crippen LogP contribution in [0.1, 0.15) is 31.4 Å². The average Bonchev–Trinajstić information content (AvgIpc) is 2.55. The van der Waals surface area contributed by atoms with E-state index in [0.717, 1.165) is 12.8 Å². The van der Waals surface area contributed by atoms with E-state index >= 15 is 0 Å². The summed E-state index contributed by atoms with van der Waals surface area (Å²) in [7, 11) is 0. The highest BCUT2D eigenvalue weighted by Crippen LogP contribution is 2.12. The fourth-order valence-corrected chi connectivity index (χ4v) is 2.44. The Balaban J connectivity index is 1.98. The van der Waals surface area contributed by atoms with Crippen LogP contribution in [0.3, 0.4) is 0 Å². The van der Waals surface area contributed by atoms with E-state index in [4.69, 9.17) is 4.74 Å². The van der Waals surface area contributed by atoms with E-state index in [1.165, 1.54) is 16.3 Å². The molecule has 1 N–H and O–H groups in total. The van der Waals surface area contributed by atoms with Crippen LogP contribution in [0, 0.1) is 0 Å². The molecule has 0 amide bonds. The molecule has 1 aromatic carbocycles. The number of carboxylic acids is 1. The van der Waals surface area contributed by atoms with Crippen molar-refractivity contribution in [1.82, 2.24) is 4.57 Å². The molecule has 0 fully saturated rings. The number of aliphatic carboxylic acids is 1. The molecule has 122 valence electrons. The Morgan fingerprint density at radius 1 is 1.22 bits per heavy atom. The molecular weight excluding hydrogens is 294 g/mol. The fraction of sp³-hybridized carbons (Fsp3) is 0.333. The number of rotatable bonds is 8. The van der Waals surface area contributed by atoms with Crippen LogP contribution in [0.25, 0.3) is 0 Å². The molecule has 0 aliphatic rings. The molecule has 1 heterocycles. The van der Waals surface area contributed by atoms with Gasteiger partial charge in [0.2, 0.25) is 0 Å². The lowest BCUT2D eigenvalue weighted by molar-refractivity contribution is -0.141. The summed E-state index contributed by atoms with van der Waals surface area (Å²) in [6.07, 6.45) is 3.48. The fourth-order valence-electron chi connectivity index (χ4n) is 2.44. The van der Waals surface area contributed by atoms with Crippen LogP contribution >= 0.6 is 0 Å². The predicted molar refractivity (Wildman–Crippen MR) is 87.9 cm³/mol. The summed E-state index contributed by atoms with van der Waals surface area (Å²) in [4.78, 5) is 23.5. The van der Waals surface area contributed by atoms with E-state index in [9.17, 15) is 14.7 Å². The van der Waals surface area contributed by atoms with E-state index in [-0.39, 0.29) is 5.75 Å². The van der Waals surface area contributed by atoms with Crippen molar-refractivity contribution in [3.05, 3.63) is 64.6 Å². The lowest BCUT2D eigenvalue weighted by Gasteiger charge is -2.15. The van der Waals surface area contributed by atoms with Crippen molar-refractivity contribution < 1.29 is 14.6 Å². The number of hydrogen-bond donors (Lipinski definition) is 1. The van der Waals surface area contributed by atoms with Gasteiger partial charge < -0.3 is 9.84 Å². The zero-order valence-electron chi connectivity index (χ0n) is 13.1. The van der Waals surface area contributed by atoms with Crippen LogP contribution in [-0.2, 0) is 11.2 Å². The van der Waals surface area contributed by atoms with Gasteiger partial charge in [0.05, 0.1) is 6.61 Å². The maximum absolute atomic E-state index is 12.3. The monoisotopic (exact) mass is 315 g/mol. The Hall–Kier alpha value is -2.56. The number of benzene rings is 1. The number of nitrogens with zero attached hydrogens (tertiary/aromatic N) is 1. The quantitative estimate of drug-likeness (QED) is 0.761. The molecule has 5 nitrogen and oxygen atoms in total. The smallest absolute Gasteiger partial charge is 0.326 e. The first kappa shape index (κ1) is 16.8. The Morgan fingerprint density at radius 2 is 1.96 bits per heavy atom. The number of ether oxygens (including phenoxy) is 1. The first-order valence-corrected chi connectivity index (χ1v) is 7.74. The number of aromatic nitrogens is 1. The lowest BCUT2D eigenvalue weighted by Crippen LogP contribution is -2.29. The van der Waals surface area contributed by atoms with Crippen molar-refractivity contribution in [3.63, 3.8) is 0 Å². The van der Waals surface area contributed by atoms with E-state index in [0.29, 0.717) is 13.0 Å². The Kier molecular flexibility index (Phi) is 5.97. The third-order valence-electron chi connectivity index (χ3n) is 3.66. The van der Waals surface area contributed by atoms with Crippen molar-refractivity contribution >= 4 is 5.97 Å². The van der Waals surface area contributed by atoms with Gasteiger partial charge in [-0.25, -0.2) is 4.79 Å². The summed E-state index contributed by atoms with van der Waals surface area (Å²) in [5.41, 5.74) is 0.819. The summed E-state index contributed by atoms with van der Waals surface area (Å²) in [6, 6.07) is 12.4. The van der Waals surface area contributed by atoms with Gasteiger partial charge in [-0.15, -0.1) is 0 Å². The highest BCUT2D eigenvalue weighted by atomic mass is 16.5. The van der Waals surface area contributed by atoms with Gasteiger partial charge in [-0.3, -0.25) is 9.36 Å². The largest absolute Gasteiger partial charge is 0.488 e. The van der Waals surface area contributed by atoms with Crippen LogP contribution in [0.2, 0.25) is 0 Å². The van der Waals surface area contributed by atoms with E-state index in [1.807, 2.05) is 30.3 Å². The minimum Gasteiger partial charge on any atom is -0.488 e. The zero-order valence-corrected chi connectivity index (χ0v) is 13.1. The normalized spacial score (nSPS) is 11.9. The minimum atomic E-state index is -1.02. The maximum atomic E-state index is 12.3. The highest BCUT2D eigenvalue weighted by Gasteiger charge is 2.19. The van der Waals surface area contributed by atoms with Gasteiger partial charge in [-0.05, 0) is 37.0 Å². The van der Waals surface area contributed by atoms with Gasteiger partial charge in [0.1, 0.15) is 6.04 Å². The second kappa shape index (κ2) is 8.17. The number of carboxylic acid groups (broad SMARTS) is 1. The van der Waals surface area contributed by atoms with Gasteiger partial charge in [0.25, 0.3) is 5.56 Å². The summed E-state index contributed by atoms with van der Waals surface area (Å²) in [6.45, 7) is 2.15. The van der Waals surface area contributed by atoms with Crippen molar-refractivity contribution in [3.8, 4) is 5.75 Å². The first-order chi connectivity index (χ1) is 11.1. The average molecular weight is 315 g/mol.